The van der Waals surface area contributed by atoms with Crippen molar-refractivity contribution >= 4 is 5.97 Å². The third kappa shape index (κ3) is 5.69. The fourth-order valence-corrected chi connectivity index (χ4v) is 5.56. The van der Waals surface area contributed by atoms with Gasteiger partial charge in [-0.25, -0.2) is 0 Å². The number of aromatic nitrogens is 1. The molecule has 1 N–H and O–H groups in total. The second kappa shape index (κ2) is 10.6. The minimum atomic E-state index is -4.37. The quantitative estimate of drug-likeness (QED) is 0.396. The molecule has 188 valence electrons. The van der Waals surface area contributed by atoms with Gasteiger partial charge in [-0.1, -0.05) is 53.2 Å². The fourth-order valence-electron chi connectivity index (χ4n) is 5.56. The maximum Gasteiger partial charge on any atom is 0.416 e. The maximum absolute atomic E-state index is 13.2. The number of carboxylic acid groups (broad SMARTS) is 1. The maximum atomic E-state index is 13.2. The first-order chi connectivity index (χ1) is 15.9. The first kappa shape index (κ1) is 26.4. The van der Waals surface area contributed by atoms with Crippen LogP contribution >= 0.6 is 0 Å². The SMILES string of the molecule is CCC1CCc2cc(C(C)C)n([C@@H](CCC(C)C)c3ccc(C(F)(F)F)cc3)c2C1CC(=O)O. The number of carboxylic acids is 1. The smallest absolute Gasteiger partial charge is 0.416 e. The Kier molecular flexibility index (Phi) is 8.20. The second-order valence-corrected chi connectivity index (χ2v) is 10.5. The van der Waals surface area contributed by atoms with Gasteiger partial charge in [-0.05, 0) is 72.8 Å². The molecule has 0 fully saturated rings. The van der Waals surface area contributed by atoms with Gasteiger partial charge in [-0.15, -0.1) is 0 Å². The van der Waals surface area contributed by atoms with Crippen molar-refractivity contribution in [3.8, 4) is 0 Å². The van der Waals surface area contributed by atoms with Gasteiger partial charge < -0.3 is 9.67 Å². The van der Waals surface area contributed by atoms with Crippen molar-refractivity contribution in [2.75, 3.05) is 0 Å². The molecule has 1 aliphatic rings. The number of hydrogen-bond donors (Lipinski definition) is 1. The van der Waals surface area contributed by atoms with E-state index >= 15 is 0 Å². The number of fused-ring (bicyclic) bond motifs is 1. The number of nitrogens with zero attached hydrogens (tertiary/aromatic N) is 1. The Bertz CT molecular complexity index is 973. The number of carbonyl (C=O) groups is 1. The van der Waals surface area contributed by atoms with Crippen LogP contribution in [0.5, 0.6) is 0 Å². The molecule has 2 unspecified atom stereocenters. The summed E-state index contributed by atoms with van der Waals surface area (Å²) in [6.07, 6.45) is 0.230. The van der Waals surface area contributed by atoms with E-state index in [-0.39, 0.29) is 30.2 Å². The Morgan fingerprint density at radius 3 is 2.26 bits per heavy atom. The van der Waals surface area contributed by atoms with E-state index in [9.17, 15) is 23.1 Å². The van der Waals surface area contributed by atoms with Crippen LogP contribution in [-0.4, -0.2) is 15.6 Å². The topological polar surface area (TPSA) is 42.2 Å². The Balaban J connectivity index is 2.20. The molecule has 3 nitrogen and oxygen atoms in total. The molecule has 2 aromatic rings. The highest BCUT2D eigenvalue weighted by Crippen LogP contribution is 2.46. The Labute approximate surface area is 201 Å². The van der Waals surface area contributed by atoms with E-state index in [1.807, 2.05) is 0 Å². The van der Waals surface area contributed by atoms with Crippen molar-refractivity contribution in [2.24, 2.45) is 11.8 Å². The summed E-state index contributed by atoms with van der Waals surface area (Å²) in [4.78, 5) is 11.9. The highest BCUT2D eigenvalue weighted by atomic mass is 19.4. The second-order valence-electron chi connectivity index (χ2n) is 10.5. The highest BCUT2D eigenvalue weighted by Gasteiger charge is 2.37. The third-order valence-corrected chi connectivity index (χ3v) is 7.36. The van der Waals surface area contributed by atoms with E-state index in [4.69, 9.17) is 0 Å². The van der Waals surface area contributed by atoms with E-state index in [0.29, 0.717) is 5.92 Å². The predicted molar refractivity (Wildman–Crippen MR) is 129 cm³/mol. The molecule has 1 aromatic carbocycles. The molecule has 0 saturated carbocycles. The van der Waals surface area contributed by atoms with Crippen LogP contribution in [0, 0.1) is 11.8 Å². The molecule has 0 bridgehead atoms. The van der Waals surface area contributed by atoms with Gasteiger partial charge in [-0.2, -0.15) is 13.2 Å². The Morgan fingerprint density at radius 2 is 1.76 bits per heavy atom. The molecule has 0 saturated heterocycles. The molecule has 1 aliphatic carbocycles. The normalized spacial score (nSPS) is 19.5. The number of benzene rings is 1. The largest absolute Gasteiger partial charge is 0.481 e. The van der Waals surface area contributed by atoms with Crippen molar-refractivity contribution in [3.05, 3.63) is 58.4 Å². The summed E-state index contributed by atoms with van der Waals surface area (Å²) >= 11 is 0. The summed E-state index contributed by atoms with van der Waals surface area (Å²) in [5.41, 5.74) is 3.65. The van der Waals surface area contributed by atoms with Crippen LogP contribution in [0.4, 0.5) is 13.2 Å². The van der Waals surface area contributed by atoms with Gasteiger partial charge in [0.15, 0.2) is 0 Å². The lowest BCUT2D eigenvalue weighted by molar-refractivity contribution is -0.138. The Hall–Kier alpha value is -2.24. The zero-order valence-corrected chi connectivity index (χ0v) is 21.0. The van der Waals surface area contributed by atoms with Crippen molar-refractivity contribution in [3.63, 3.8) is 0 Å². The molecule has 0 amide bonds. The monoisotopic (exact) mass is 477 g/mol. The fraction of sp³-hybridized carbons (Fsp3) is 0.607. The molecule has 0 radical (unpaired) electrons. The first-order valence-corrected chi connectivity index (χ1v) is 12.6. The average molecular weight is 478 g/mol. The summed E-state index contributed by atoms with van der Waals surface area (Å²) < 4.78 is 42.0. The minimum absolute atomic E-state index is 0.0803. The van der Waals surface area contributed by atoms with Gasteiger partial charge in [0.05, 0.1) is 18.0 Å². The van der Waals surface area contributed by atoms with E-state index in [1.54, 1.807) is 12.1 Å². The summed E-state index contributed by atoms with van der Waals surface area (Å²) in [7, 11) is 0. The number of aliphatic carboxylic acids is 1. The van der Waals surface area contributed by atoms with Gasteiger partial charge in [0.25, 0.3) is 0 Å². The van der Waals surface area contributed by atoms with E-state index in [0.717, 1.165) is 49.1 Å². The van der Waals surface area contributed by atoms with Crippen molar-refractivity contribution in [1.82, 2.24) is 4.57 Å². The summed E-state index contributed by atoms with van der Waals surface area (Å²) in [6.45, 7) is 10.7. The van der Waals surface area contributed by atoms with Crippen LogP contribution in [0.3, 0.4) is 0 Å². The lowest BCUT2D eigenvalue weighted by Crippen LogP contribution is -2.27. The molecule has 34 heavy (non-hydrogen) atoms. The molecular formula is C28H38F3NO2. The van der Waals surface area contributed by atoms with Crippen LogP contribution in [0.25, 0.3) is 0 Å². The molecule has 3 atom stereocenters. The lowest BCUT2D eigenvalue weighted by atomic mass is 9.75. The minimum Gasteiger partial charge on any atom is -0.481 e. The summed E-state index contributed by atoms with van der Waals surface area (Å²) in [5.74, 6) is 0.0602. The lowest BCUT2D eigenvalue weighted by Gasteiger charge is -2.35. The number of hydrogen-bond acceptors (Lipinski definition) is 1. The van der Waals surface area contributed by atoms with Crippen LogP contribution < -0.4 is 0 Å². The zero-order valence-electron chi connectivity index (χ0n) is 21.0. The van der Waals surface area contributed by atoms with E-state index in [2.05, 4.69) is 45.3 Å². The molecule has 1 aromatic heterocycles. The Morgan fingerprint density at radius 1 is 1.12 bits per heavy atom. The molecule has 1 heterocycles. The van der Waals surface area contributed by atoms with Gasteiger partial charge >= 0.3 is 12.1 Å². The highest BCUT2D eigenvalue weighted by molar-refractivity contribution is 5.68. The average Bonchev–Trinajstić information content (AvgIpc) is 3.13. The third-order valence-electron chi connectivity index (χ3n) is 7.36. The van der Waals surface area contributed by atoms with Gasteiger partial charge in [0, 0.05) is 17.3 Å². The number of halogens is 3. The molecule has 3 rings (SSSR count). The van der Waals surface area contributed by atoms with E-state index in [1.165, 1.54) is 17.7 Å². The molecular weight excluding hydrogens is 439 g/mol. The molecule has 0 aliphatic heterocycles. The molecule has 6 heteroatoms. The van der Waals surface area contributed by atoms with Crippen LogP contribution in [-0.2, 0) is 17.4 Å². The summed E-state index contributed by atoms with van der Waals surface area (Å²) in [5, 5.41) is 9.73. The van der Waals surface area contributed by atoms with Crippen LogP contribution in [0.2, 0.25) is 0 Å². The van der Waals surface area contributed by atoms with Gasteiger partial charge in [0.1, 0.15) is 0 Å². The van der Waals surface area contributed by atoms with Crippen molar-refractivity contribution in [2.45, 2.75) is 97.2 Å². The summed E-state index contributed by atoms with van der Waals surface area (Å²) in [6, 6.07) is 7.66. The van der Waals surface area contributed by atoms with Crippen molar-refractivity contribution in [1.29, 1.82) is 0 Å². The van der Waals surface area contributed by atoms with E-state index < -0.39 is 17.7 Å². The first-order valence-electron chi connectivity index (χ1n) is 12.6. The van der Waals surface area contributed by atoms with Crippen LogP contribution in [0.15, 0.2) is 30.3 Å². The molecule has 0 spiro atoms. The number of rotatable bonds is 9. The zero-order chi connectivity index (χ0) is 25.2. The van der Waals surface area contributed by atoms with Crippen molar-refractivity contribution < 1.29 is 23.1 Å². The number of alkyl halides is 3. The number of aryl methyl sites for hydroxylation is 1. The predicted octanol–water partition coefficient (Wildman–Crippen LogP) is 8.19. The van der Waals surface area contributed by atoms with Gasteiger partial charge in [0.2, 0.25) is 0 Å². The van der Waals surface area contributed by atoms with Crippen LogP contribution in [0.1, 0.15) is 113 Å². The standard InChI is InChI=1S/C28H38F3NO2/c1-6-19-8-9-21-15-25(18(4)5)32(27(21)23(19)16-26(33)34)24(14-7-17(2)3)20-10-12-22(13-11-20)28(29,30)31/h10-13,15,17-19,23-24H,6-9,14,16H2,1-5H3,(H,33,34)/t19?,23?,24-/m0/s1. The van der Waals surface area contributed by atoms with Gasteiger partial charge in [-0.3, -0.25) is 4.79 Å².